The number of alkyl halides is 2. The molecule has 1 fully saturated rings. The third-order valence-corrected chi connectivity index (χ3v) is 3.53. The monoisotopic (exact) mass is 213 g/mol. The fourth-order valence-corrected chi connectivity index (χ4v) is 2.88. The molecule has 1 aliphatic rings. The lowest BCUT2D eigenvalue weighted by Gasteiger charge is -2.21. The van der Waals surface area contributed by atoms with Gasteiger partial charge in [0.1, 0.15) is 0 Å². The second-order valence-electron chi connectivity index (χ2n) is 3.30. The number of sulfonamides is 1. The van der Waals surface area contributed by atoms with Crippen molar-refractivity contribution in [3.63, 3.8) is 0 Å². The Morgan fingerprint density at radius 1 is 1.54 bits per heavy atom. The number of nitrogens with zero attached hydrogens (tertiary/aromatic N) is 1. The quantitative estimate of drug-likeness (QED) is 0.703. The SMILES string of the molecule is CS(=O)(=O)N1CCCC1CC(F)F. The summed E-state index contributed by atoms with van der Waals surface area (Å²) in [4.78, 5) is 0. The molecule has 6 heteroatoms. The maximum Gasteiger partial charge on any atom is 0.240 e. The molecule has 1 unspecified atom stereocenters. The molecule has 0 aromatic carbocycles. The minimum absolute atomic E-state index is 0.340. The predicted molar refractivity (Wildman–Crippen MR) is 45.2 cm³/mol. The van der Waals surface area contributed by atoms with Gasteiger partial charge in [0, 0.05) is 19.0 Å². The topological polar surface area (TPSA) is 37.4 Å². The molecule has 1 atom stereocenters. The van der Waals surface area contributed by atoms with Crippen molar-refractivity contribution in [2.75, 3.05) is 12.8 Å². The van der Waals surface area contributed by atoms with Gasteiger partial charge < -0.3 is 0 Å². The van der Waals surface area contributed by atoms with Gasteiger partial charge >= 0.3 is 0 Å². The van der Waals surface area contributed by atoms with E-state index in [0.29, 0.717) is 19.4 Å². The van der Waals surface area contributed by atoms with E-state index in [1.54, 1.807) is 0 Å². The maximum atomic E-state index is 12.0. The van der Waals surface area contributed by atoms with E-state index in [4.69, 9.17) is 0 Å². The molecule has 3 nitrogen and oxygen atoms in total. The van der Waals surface area contributed by atoms with Crippen molar-refractivity contribution in [3.05, 3.63) is 0 Å². The van der Waals surface area contributed by atoms with E-state index in [9.17, 15) is 17.2 Å². The second-order valence-corrected chi connectivity index (χ2v) is 5.23. The van der Waals surface area contributed by atoms with Crippen LogP contribution in [-0.2, 0) is 10.0 Å². The largest absolute Gasteiger partial charge is 0.240 e. The molecule has 0 bridgehead atoms. The molecule has 0 aromatic rings. The normalized spacial score (nSPS) is 25.7. The summed E-state index contributed by atoms with van der Waals surface area (Å²) in [5.41, 5.74) is 0. The highest BCUT2D eigenvalue weighted by atomic mass is 32.2. The molecule has 1 rings (SSSR count). The minimum Gasteiger partial charge on any atom is -0.212 e. The lowest BCUT2D eigenvalue weighted by molar-refractivity contribution is 0.114. The lowest BCUT2D eigenvalue weighted by atomic mass is 10.2. The molecule has 0 aromatic heterocycles. The van der Waals surface area contributed by atoms with E-state index in [0.717, 1.165) is 6.26 Å². The summed E-state index contributed by atoms with van der Waals surface area (Å²) in [6, 6.07) is -0.491. The Labute approximate surface area is 76.8 Å². The predicted octanol–water partition coefficient (Wildman–Crippen LogP) is 1.07. The molecular formula is C7H13F2NO2S. The summed E-state index contributed by atoms with van der Waals surface area (Å²) < 4.78 is 47.4. The third kappa shape index (κ3) is 2.87. The van der Waals surface area contributed by atoms with Crippen LogP contribution in [0.5, 0.6) is 0 Å². The van der Waals surface area contributed by atoms with Crippen molar-refractivity contribution in [1.82, 2.24) is 4.31 Å². The van der Waals surface area contributed by atoms with Gasteiger partial charge in [-0.25, -0.2) is 17.2 Å². The van der Waals surface area contributed by atoms with E-state index < -0.39 is 22.5 Å². The Kier molecular flexibility index (Phi) is 3.23. The third-order valence-electron chi connectivity index (χ3n) is 2.20. The van der Waals surface area contributed by atoms with E-state index >= 15 is 0 Å². The highest BCUT2D eigenvalue weighted by Crippen LogP contribution is 2.24. The van der Waals surface area contributed by atoms with Crippen molar-refractivity contribution in [2.45, 2.75) is 31.7 Å². The van der Waals surface area contributed by atoms with Gasteiger partial charge in [0.05, 0.1) is 6.26 Å². The van der Waals surface area contributed by atoms with Crippen LogP contribution in [0.15, 0.2) is 0 Å². The van der Waals surface area contributed by atoms with Crippen LogP contribution in [0, 0.1) is 0 Å². The summed E-state index contributed by atoms with van der Waals surface area (Å²) in [5.74, 6) is 0. The first kappa shape index (κ1) is 10.8. The van der Waals surface area contributed by atoms with Gasteiger partial charge in [-0.2, -0.15) is 4.31 Å². The van der Waals surface area contributed by atoms with Crippen LogP contribution in [0.2, 0.25) is 0 Å². The first-order valence-electron chi connectivity index (χ1n) is 4.16. The zero-order chi connectivity index (χ0) is 10.1. The summed E-state index contributed by atoms with van der Waals surface area (Å²) in [6.45, 7) is 0.385. The van der Waals surface area contributed by atoms with Crippen LogP contribution >= 0.6 is 0 Å². The van der Waals surface area contributed by atoms with E-state index in [1.165, 1.54) is 4.31 Å². The standard InChI is InChI=1S/C7H13F2NO2S/c1-13(11,12)10-4-2-3-6(10)5-7(8)9/h6-7H,2-5H2,1H3. The van der Waals surface area contributed by atoms with Crippen molar-refractivity contribution >= 4 is 10.0 Å². The van der Waals surface area contributed by atoms with Crippen molar-refractivity contribution in [1.29, 1.82) is 0 Å². The first-order chi connectivity index (χ1) is 5.91. The van der Waals surface area contributed by atoms with Gasteiger partial charge in [0.2, 0.25) is 16.4 Å². The maximum absolute atomic E-state index is 12.0. The molecule has 0 aliphatic carbocycles. The average molecular weight is 213 g/mol. The summed E-state index contributed by atoms with van der Waals surface area (Å²) in [6.07, 6.45) is -0.460. The molecule has 0 radical (unpaired) electrons. The van der Waals surface area contributed by atoms with Crippen LogP contribution in [0.25, 0.3) is 0 Å². The summed E-state index contributed by atoms with van der Waals surface area (Å²) >= 11 is 0. The number of hydrogen-bond donors (Lipinski definition) is 0. The molecule has 13 heavy (non-hydrogen) atoms. The zero-order valence-electron chi connectivity index (χ0n) is 7.41. The average Bonchev–Trinajstić information content (AvgIpc) is 2.31. The zero-order valence-corrected chi connectivity index (χ0v) is 8.23. The molecule has 0 N–H and O–H groups in total. The van der Waals surface area contributed by atoms with E-state index in [-0.39, 0.29) is 6.42 Å². The van der Waals surface area contributed by atoms with Gasteiger partial charge in [-0.05, 0) is 12.8 Å². The Hall–Kier alpha value is -0.230. The van der Waals surface area contributed by atoms with Crippen LogP contribution in [0.4, 0.5) is 8.78 Å². The molecule has 1 heterocycles. The van der Waals surface area contributed by atoms with Crippen LogP contribution in [0.1, 0.15) is 19.3 Å². The van der Waals surface area contributed by atoms with Crippen LogP contribution in [-0.4, -0.2) is 38.0 Å². The fraction of sp³-hybridized carbons (Fsp3) is 1.00. The first-order valence-corrected chi connectivity index (χ1v) is 6.01. The molecule has 0 spiro atoms. The van der Waals surface area contributed by atoms with Crippen molar-refractivity contribution < 1.29 is 17.2 Å². The van der Waals surface area contributed by atoms with E-state index in [2.05, 4.69) is 0 Å². The summed E-state index contributed by atoms with van der Waals surface area (Å²) in [5, 5.41) is 0. The van der Waals surface area contributed by atoms with Gasteiger partial charge in [-0.1, -0.05) is 0 Å². The summed E-state index contributed by atoms with van der Waals surface area (Å²) in [7, 11) is -3.30. The van der Waals surface area contributed by atoms with Gasteiger partial charge in [0.15, 0.2) is 0 Å². The number of halogens is 2. The molecule has 1 saturated heterocycles. The molecule has 0 saturated carbocycles. The molecular weight excluding hydrogens is 200 g/mol. The lowest BCUT2D eigenvalue weighted by Crippen LogP contribution is -2.35. The smallest absolute Gasteiger partial charge is 0.212 e. The molecule has 78 valence electrons. The minimum atomic E-state index is -3.30. The van der Waals surface area contributed by atoms with E-state index in [1.807, 2.05) is 0 Å². The number of hydrogen-bond acceptors (Lipinski definition) is 2. The highest BCUT2D eigenvalue weighted by molar-refractivity contribution is 7.88. The molecule has 0 amide bonds. The van der Waals surface area contributed by atoms with Crippen molar-refractivity contribution in [3.8, 4) is 0 Å². The Balaban J connectivity index is 2.65. The molecule has 1 aliphatic heterocycles. The van der Waals surface area contributed by atoms with Crippen LogP contribution < -0.4 is 0 Å². The Bertz CT molecular complexity index is 266. The van der Waals surface area contributed by atoms with Crippen molar-refractivity contribution in [2.24, 2.45) is 0 Å². The number of rotatable bonds is 3. The Morgan fingerprint density at radius 2 is 2.15 bits per heavy atom. The highest BCUT2D eigenvalue weighted by Gasteiger charge is 2.32. The second kappa shape index (κ2) is 3.88. The van der Waals surface area contributed by atoms with Gasteiger partial charge in [-0.15, -0.1) is 0 Å². The van der Waals surface area contributed by atoms with Gasteiger partial charge in [0.25, 0.3) is 0 Å². The van der Waals surface area contributed by atoms with Gasteiger partial charge in [-0.3, -0.25) is 0 Å². The fourth-order valence-electron chi connectivity index (χ4n) is 1.69. The van der Waals surface area contributed by atoms with Crippen LogP contribution in [0.3, 0.4) is 0 Å². The Morgan fingerprint density at radius 3 is 2.62 bits per heavy atom.